The second-order valence-corrected chi connectivity index (χ2v) is 39.1. The molecule has 15 N–H and O–H groups in total. The highest BCUT2D eigenvalue weighted by Gasteiger charge is 2.65. The maximum absolute atomic E-state index is 15.1. The summed E-state index contributed by atoms with van der Waals surface area (Å²) in [4.78, 5) is 205. The lowest BCUT2D eigenvalue weighted by Crippen LogP contribution is -2.63. The average molecular weight is 1920 g/mol. The van der Waals surface area contributed by atoms with E-state index >= 15 is 14.4 Å². The number of phenolic OH excluding ortho intramolecular Hbond substituents is 1. The van der Waals surface area contributed by atoms with E-state index in [2.05, 4.69) is 37.2 Å². The number of nitrogens with two attached hydrogens (primary N) is 2. The summed E-state index contributed by atoms with van der Waals surface area (Å²) in [7, 11) is 7.61. The Balaban J connectivity index is 0.789. The molecule has 39 heteroatoms. The highest BCUT2D eigenvalue weighted by Crippen LogP contribution is 2.50. The van der Waals surface area contributed by atoms with E-state index in [1.807, 2.05) is 43.3 Å². The van der Waals surface area contributed by atoms with Crippen molar-refractivity contribution in [3.8, 4) is 11.5 Å². The van der Waals surface area contributed by atoms with Crippen molar-refractivity contribution in [2.75, 3.05) is 63.6 Å². The molecule has 4 fully saturated rings. The van der Waals surface area contributed by atoms with Crippen LogP contribution in [-0.4, -0.2) is 273 Å². The number of likely N-dealkylation sites (N-methyl/N-ethyl adjacent to an activating group) is 1. The van der Waals surface area contributed by atoms with Crippen LogP contribution in [0.2, 0.25) is 5.02 Å². The highest BCUT2D eigenvalue weighted by atomic mass is 35.5. The van der Waals surface area contributed by atoms with E-state index in [-0.39, 0.29) is 123 Å². The van der Waals surface area contributed by atoms with Crippen LogP contribution in [0.5, 0.6) is 11.5 Å². The first-order chi connectivity index (χ1) is 63.2. The fourth-order valence-electron chi connectivity index (χ4n) is 16.8. The van der Waals surface area contributed by atoms with E-state index in [0.717, 1.165) is 65.4 Å². The number of thioether (sulfide) groups is 1. The Morgan fingerprint density at radius 2 is 1.51 bits per heavy atom. The minimum atomic E-state index is -1.95. The van der Waals surface area contributed by atoms with Gasteiger partial charge in [0.15, 0.2) is 17.3 Å². The van der Waals surface area contributed by atoms with Crippen molar-refractivity contribution < 1.29 is 111 Å². The fraction of sp³-hybridized carbons (Fsp3) is 0.532. The number of carbonyl (C=O) groups excluding carboxylic acids is 14. The number of amides is 11. The van der Waals surface area contributed by atoms with Gasteiger partial charge in [-0.15, -0.1) is 11.8 Å². The molecule has 4 aromatic carbocycles. The zero-order chi connectivity index (χ0) is 96.9. The van der Waals surface area contributed by atoms with Gasteiger partial charge >= 0.3 is 12.1 Å². The van der Waals surface area contributed by atoms with Crippen LogP contribution < -0.4 is 58.3 Å². The molecule has 5 aliphatic heterocycles. The molecular weight excluding hydrogens is 1800 g/mol. The summed E-state index contributed by atoms with van der Waals surface area (Å²) in [6.07, 6.45) is -1.80. The molecule has 1 aliphatic carbocycles. The molecule has 722 valence electrons. The normalized spacial score (nSPS) is 27.1. The van der Waals surface area contributed by atoms with Crippen molar-refractivity contribution in [1.29, 1.82) is 0 Å². The number of aliphatic hydroxyl groups is 3. The second kappa shape index (κ2) is 48.3. The number of methoxy groups -OCH3 is 2. The summed E-state index contributed by atoms with van der Waals surface area (Å²) < 4.78 is 29.6. The second-order valence-electron chi connectivity index (χ2n) is 34.9. The van der Waals surface area contributed by atoms with Gasteiger partial charge in [-0.3, -0.25) is 67.8 Å². The van der Waals surface area contributed by atoms with Crippen molar-refractivity contribution in [3.63, 3.8) is 0 Å². The number of phenols is 1. The van der Waals surface area contributed by atoms with Crippen molar-refractivity contribution in [3.05, 3.63) is 154 Å². The minimum Gasteiger partial charge on any atom is -0.508 e. The number of ether oxygens (including phenoxy) is 5. The molecule has 0 spiro atoms. The topological polar surface area (TPSA) is 515 Å². The van der Waals surface area contributed by atoms with E-state index < -0.39 is 209 Å². The van der Waals surface area contributed by atoms with Crippen LogP contribution in [0.1, 0.15) is 146 Å². The number of benzene rings is 4. The highest BCUT2D eigenvalue weighted by molar-refractivity contribution is 8.76. The van der Waals surface area contributed by atoms with Gasteiger partial charge in [0.1, 0.15) is 76.7 Å². The maximum atomic E-state index is 15.1. The number of hydrogen-bond donors (Lipinski definition) is 13. The molecule has 6 aliphatic rings. The van der Waals surface area contributed by atoms with Crippen LogP contribution in [0, 0.1) is 11.8 Å². The number of imide groups is 1. The van der Waals surface area contributed by atoms with Gasteiger partial charge < -0.3 is 97.3 Å². The molecule has 0 saturated carbocycles. The van der Waals surface area contributed by atoms with Gasteiger partial charge in [0, 0.05) is 95.4 Å². The van der Waals surface area contributed by atoms with Crippen LogP contribution in [0.15, 0.2) is 121 Å². The van der Waals surface area contributed by atoms with E-state index in [1.165, 1.54) is 66.1 Å². The summed E-state index contributed by atoms with van der Waals surface area (Å²) in [5.41, 5.74) is 14.6. The number of Topliss-reactive ketones (excluding diaryl/α,β-unsaturated/α-hetero) is 2. The fourth-order valence-corrected chi connectivity index (χ4v) is 20.6. The molecule has 4 saturated heterocycles. The molecular formula is C94H123ClN12O23S3. The number of aliphatic hydroxyl groups excluding tert-OH is 2. The molecule has 11 amide bonds. The molecule has 133 heavy (non-hydrogen) atoms. The number of likely N-dealkylation sites (tertiary alicyclic amines) is 1. The number of aromatic hydroxyl groups is 1. The largest absolute Gasteiger partial charge is 0.508 e. The van der Waals surface area contributed by atoms with Gasteiger partial charge in [-0.25, -0.2) is 9.59 Å². The summed E-state index contributed by atoms with van der Waals surface area (Å²) in [6, 6.07) is 14.0. The number of epoxide rings is 1. The van der Waals surface area contributed by atoms with Crippen molar-refractivity contribution in [1.82, 2.24) is 47.0 Å². The van der Waals surface area contributed by atoms with E-state index in [4.69, 9.17) is 46.8 Å². The van der Waals surface area contributed by atoms with E-state index in [1.54, 1.807) is 80.6 Å². The Kier molecular flexibility index (Phi) is 38.0. The third-order valence-corrected chi connectivity index (χ3v) is 29.0. The Bertz CT molecular complexity index is 4990. The lowest BCUT2D eigenvalue weighted by molar-refractivity contribution is -0.162. The van der Waals surface area contributed by atoms with Gasteiger partial charge in [0.2, 0.25) is 59.1 Å². The Morgan fingerprint density at radius 1 is 0.812 bits per heavy atom. The predicted molar refractivity (Wildman–Crippen MR) is 501 cm³/mol. The number of unbranched alkanes of at least 4 members (excludes halogenated alkanes) is 2. The zero-order valence-electron chi connectivity index (χ0n) is 76.3. The number of rotatable bonds is 31. The number of fused-ring (bicyclic) bond motifs is 6. The first-order valence-corrected chi connectivity index (χ1v) is 48.5. The number of halogens is 1. The summed E-state index contributed by atoms with van der Waals surface area (Å²) in [6.45, 7) is 9.18. The number of allylic oxidation sites excluding steroid dienone is 4. The number of nitrogens with zero attached hydrogens (tertiary/aromatic N) is 3. The first kappa shape index (κ1) is 105. The molecule has 10 rings (SSSR count). The number of hydrogen-bond acceptors (Lipinski definition) is 28. The maximum Gasteiger partial charge on any atom is 0.409 e. The van der Waals surface area contributed by atoms with Gasteiger partial charge in [-0.2, -0.15) is 0 Å². The monoisotopic (exact) mass is 1920 g/mol. The quantitative estimate of drug-likeness (QED) is 0.0106. The third kappa shape index (κ3) is 28.0. The lowest BCUT2D eigenvalue weighted by atomic mass is 9.83. The van der Waals surface area contributed by atoms with Gasteiger partial charge in [0.05, 0.1) is 54.9 Å². The van der Waals surface area contributed by atoms with E-state index in [9.17, 15) is 73.2 Å². The lowest BCUT2D eigenvalue weighted by Gasteiger charge is -2.42. The van der Waals surface area contributed by atoms with Crippen molar-refractivity contribution >= 4 is 139 Å². The van der Waals surface area contributed by atoms with Crippen LogP contribution in [0.3, 0.4) is 0 Å². The summed E-state index contributed by atoms with van der Waals surface area (Å²) >= 11 is 7.93. The Labute approximate surface area is 790 Å². The average Bonchev–Trinajstić information content (AvgIpc) is 1.57. The first-order valence-electron chi connectivity index (χ1n) is 44.6. The smallest absolute Gasteiger partial charge is 0.409 e. The van der Waals surface area contributed by atoms with Crippen LogP contribution >= 0.6 is 45.0 Å². The van der Waals surface area contributed by atoms with Gasteiger partial charge in [0.25, 0.3) is 0 Å². The molecule has 4 bridgehead atoms. The molecule has 4 aromatic rings. The molecule has 1 unspecified atom stereocenters. The number of esters is 1. The summed E-state index contributed by atoms with van der Waals surface area (Å²) in [5.74, 6) is -12.1. The molecule has 35 nitrogen and oxygen atoms in total. The number of anilines is 1. The van der Waals surface area contributed by atoms with Crippen molar-refractivity contribution in [2.24, 2.45) is 23.3 Å². The number of alkyl carbamates (subject to hydrolysis) is 1. The number of carbonyl (C=O) groups is 14. The molecule has 0 aromatic heterocycles. The SMILES string of the molecule is COc1cc2cc(c1Cl)N(C)C(=O)C[C@H](OC(=O)[C@H](C)N(C)C(=O)CCSC1CC(=O)N(CCCCC(=O)[C@@H](NC(=O)[C@@H]3CSSC[C@H](NC(=O)[C@H](N)Cc4ccccc4)C(=O)C[C@@H](Cc4ccc(O)cc4)C(=O)N[C@H](CC4=CCc5ccccc54)C(=O)N[C@@H](CCCCN)C(=O)N[C@@H]([C@@H](C)O)C(=O)N3)[C@@H](C)O)C1=O)[C@]1(C)O[C@H]1[C@H](C)[C@@H]1C[C@@](O)(NC(=O)O1)[C@H](OC)/C=C/C=C(\C)C2. The predicted octanol–water partition coefficient (Wildman–Crippen LogP) is 4.82. The number of ketones is 2. The van der Waals surface area contributed by atoms with Crippen LogP contribution in [-0.2, 0) is 107 Å². The Morgan fingerprint density at radius 3 is 2.21 bits per heavy atom. The van der Waals surface area contributed by atoms with E-state index in [0.29, 0.717) is 36.0 Å². The molecule has 5 heterocycles. The van der Waals surface area contributed by atoms with Crippen LogP contribution in [0.25, 0.3) is 5.57 Å². The molecule has 0 radical (unpaired) electrons. The van der Waals surface area contributed by atoms with Crippen LogP contribution in [0.4, 0.5) is 10.5 Å². The van der Waals surface area contributed by atoms with Crippen molar-refractivity contribution in [2.45, 2.75) is 246 Å². The van der Waals surface area contributed by atoms with Gasteiger partial charge in [-0.05, 0) is 157 Å². The Hall–Kier alpha value is -10.3. The molecule has 19 atom stereocenters. The number of nitrogens with one attached hydrogen (secondary N) is 7. The van der Waals surface area contributed by atoms with Gasteiger partial charge in [-0.1, -0.05) is 137 Å². The minimum absolute atomic E-state index is 0.0215. The zero-order valence-corrected chi connectivity index (χ0v) is 79.5. The third-order valence-electron chi connectivity index (χ3n) is 24.9. The summed E-state index contributed by atoms with van der Waals surface area (Å²) in [5, 5.41) is 62.7. The standard InChI is InChI=1S/C94H123ClN12O23S3/c1-51-21-20-28-75(127-10)94(125)48-73(128-92(124)104-94)52(2)83-93(6,130-83)76(47-78(114)106(8)69-42-58(39-51)43-72(126-9)80(69)95)129-91(123)53(3)105(7)77(113)35-38-131-74-46-79(115)107(90(74)122)37-19-17-27-70(111)81(54(4)108)102-88(120)68-50-133-132-49-67(100-85(117)64(97)41-56-22-12-11-13-23-56)71(112)45-61(40-57-29-33-62(110)34-30-57)84(116)99-66(44-60-32-31-59-24-14-15-25-63(59)60)87(119)98-65(26-16-18-36-96)86(118)103-82(55(5)109)89(121)101-68/h11-15,20-25,28-30,32-34,42-43,52-55,61,64-68,73-76,81-83,108-110,125H,16-19,26-27,31,35-41,44-50,96-97H2,1-10H3,(H,98,119)(H,99,116)(H,100,117)(H,101,121)(H,102,120)(H,103,118)(H,104,124)/b28-20+,51-21+/t52-,53+,54-,55-,61-,64-,65+,66-,67+,68+,73+,74?,75-,76+,81+,82+,83+,93+,94+/m1/s1.